The van der Waals surface area contributed by atoms with E-state index in [1.807, 2.05) is 4.90 Å². The lowest BCUT2D eigenvalue weighted by Gasteiger charge is -2.33. The van der Waals surface area contributed by atoms with Crippen LogP contribution < -0.4 is 0 Å². The van der Waals surface area contributed by atoms with E-state index in [0.29, 0.717) is 24.7 Å². The fourth-order valence-electron chi connectivity index (χ4n) is 4.45. The van der Waals surface area contributed by atoms with Crippen LogP contribution >= 0.6 is 11.6 Å². The zero-order valence-electron chi connectivity index (χ0n) is 16.6. The number of nitrogens with zero attached hydrogens (tertiary/aromatic N) is 2. The number of fused-ring (bicyclic) bond motifs is 1. The summed E-state index contributed by atoms with van der Waals surface area (Å²) in [7, 11) is 0. The van der Waals surface area contributed by atoms with Crippen molar-refractivity contribution in [2.24, 2.45) is 0 Å². The van der Waals surface area contributed by atoms with Crippen molar-refractivity contribution in [1.82, 2.24) is 9.80 Å². The Hall–Kier alpha value is -2.05. The molecule has 1 amide bonds. The number of halogens is 4. The maximum Gasteiger partial charge on any atom is 0.417 e. The van der Waals surface area contributed by atoms with E-state index in [1.165, 1.54) is 17.2 Å². The number of rotatable bonds is 4. The van der Waals surface area contributed by atoms with Crippen LogP contribution in [-0.4, -0.2) is 41.4 Å². The monoisotopic (exact) mass is 436 g/mol. The lowest BCUT2D eigenvalue weighted by Crippen LogP contribution is -2.41. The molecule has 0 aliphatic carbocycles. The average molecular weight is 437 g/mol. The van der Waals surface area contributed by atoms with Gasteiger partial charge in [0.05, 0.1) is 10.6 Å². The Kier molecular flexibility index (Phi) is 6.07. The third kappa shape index (κ3) is 4.65. The van der Waals surface area contributed by atoms with Crippen molar-refractivity contribution in [2.75, 3.05) is 19.6 Å². The highest BCUT2D eigenvalue weighted by molar-refractivity contribution is 6.31. The summed E-state index contributed by atoms with van der Waals surface area (Å²) < 4.78 is 39.1. The predicted octanol–water partition coefficient (Wildman–Crippen LogP) is 4.95. The zero-order valence-corrected chi connectivity index (χ0v) is 17.3. The molecular formula is C23H24ClF3N2O. The molecule has 1 saturated heterocycles. The Bertz CT molecular complexity index is 931. The van der Waals surface area contributed by atoms with Crippen LogP contribution in [0, 0.1) is 0 Å². The number of carbonyl (C=O) groups is 1. The smallest absolute Gasteiger partial charge is 0.341 e. The predicted molar refractivity (Wildman–Crippen MR) is 110 cm³/mol. The van der Waals surface area contributed by atoms with Gasteiger partial charge >= 0.3 is 6.18 Å². The van der Waals surface area contributed by atoms with Crippen LogP contribution in [0.1, 0.15) is 35.1 Å². The van der Waals surface area contributed by atoms with E-state index in [-0.39, 0.29) is 23.8 Å². The minimum Gasteiger partial charge on any atom is -0.341 e. The van der Waals surface area contributed by atoms with Crippen molar-refractivity contribution in [3.05, 3.63) is 69.7 Å². The molecule has 0 bridgehead atoms. The summed E-state index contributed by atoms with van der Waals surface area (Å²) in [5, 5.41) is -0.317. The first kappa shape index (κ1) is 21.2. The largest absolute Gasteiger partial charge is 0.417 e. The number of aryl methyl sites for hydroxylation is 1. The summed E-state index contributed by atoms with van der Waals surface area (Å²) in [6, 6.07) is 12.7. The van der Waals surface area contributed by atoms with Crippen LogP contribution in [0.3, 0.4) is 0 Å². The standard InChI is InChI=1S/C23H24ClF3N2O/c24-21-7-5-16(13-20(21)23(25,26)27)6-8-22(30)29-12-10-19(15-29)28-11-9-17-3-1-2-4-18(17)14-28/h1-5,7,13,19H,6,8-12,14-15H2/t19-/m1/s1. The van der Waals surface area contributed by atoms with E-state index in [2.05, 4.69) is 29.2 Å². The van der Waals surface area contributed by atoms with Gasteiger partial charge in [0.2, 0.25) is 5.91 Å². The maximum absolute atomic E-state index is 13.0. The summed E-state index contributed by atoms with van der Waals surface area (Å²) in [6.45, 7) is 3.30. The molecule has 0 N–H and O–H groups in total. The molecule has 0 aromatic heterocycles. The van der Waals surface area contributed by atoms with Gasteiger partial charge in [0.15, 0.2) is 0 Å². The van der Waals surface area contributed by atoms with Crippen molar-refractivity contribution in [2.45, 2.75) is 44.4 Å². The first-order valence-corrected chi connectivity index (χ1v) is 10.6. The molecule has 30 heavy (non-hydrogen) atoms. The third-order valence-electron chi connectivity index (χ3n) is 6.16. The van der Waals surface area contributed by atoms with Gasteiger partial charge in [-0.1, -0.05) is 41.9 Å². The second kappa shape index (κ2) is 8.60. The number of amides is 1. The molecule has 2 aromatic rings. The fourth-order valence-corrected chi connectivity index (χ4v) is 4.67. The molecule has 2 aliphatic heterocycles. The lowest BCUT2D eigenvalue weighted by molar-refractivity contribution is -0.137. The van der Waals surface area contributed by atoms with Gasteiger partial charge in [0, 0.05) is 38.6 Å². The Morgan fingerprint density at radius 2 is 1.87 bits per heavy atom. The molecule has 2 aromatic carbocycles. The van der Waals surface area contributed by atoms with Crippen LogP contribution in [0.15, 0.2) is 42.5 Å². The Labute approximate surface area is 179 Å². The van der Waals surface area contributed by atoms with E-state index in [1.54, 1.807) is 6.07 Å². The normalized spacial score (nSPS) is 19.7. The zero-order chi connectivity index (χ0) is 21.3. The van der Waals surface area contributed by atoms with Gasteiger partial charge in [-0.3, -0.25) is 9.69 Å². The quantitative estimate of drug-likeness (QED) is 0.677. The SMILES string of the molecule is O=C(CCc1ccc(Cl)c(C(F)(F)F)c1)N1CC[C@@H](N2CCc3ccccc3C2)C1. The molecule has 160 valence electrons. The molecule has 0 unspecified atom stereocenters. The number of hydrogen-bond donors (Lipinski definition) is 0. The molecule has 1 atom stereocenters. The molecule has 0 radical (unpaired) electrons. The van der Waals surface area contributed by atoms with Gasteiger partial charge in [-0.15, -0.1) is 0 Å². The molecule has 7 heteroatoms. The molecule has 0 saturated carbocycles. The van der Waals surface area contributed by atoms with Gasteiger partial charge in [-0.05, 0) is 48.1 Å². The molecular weight excluding hydrogens is 413 g/mol. The summed E-state index contributed by atoms with van der Waals surface area (Å²) in [5.41, 5.74) is 2.39. The van der Waals surface area contributed by atoms with Crippen molar-refractivity contribution in [1.29, 1.82) is 0 Å². The number of carbonyl (C=O) groups excluding carboxylic acids is 1. The number of likely N-dealkylation sites (tertiary alicyclic amines) is 1. The van der Waals surface area contributed by atoms with Crippen molar-refractivity contribution in [3.63, 3.8) is 0 Å². The Morgan fingerprint density at radius 1 is 1.10 bits per heavy atom. The number of hydrogen-bond acceptors (Lipinski definition) is 2. The lowest BCUT2D eigenvalue weighted by atomic mass is 9.98. The molecule has 4 rings (SSSR count). The second-order valence-electron chi connectivity index (χ2n) is 8.08. The first-order chi connectivity index (χ1) is 14.3. The van der Waals surface area contributed by atoms with Crippen LogP contribution in [0.5, 0.6) is 0 Å². The second-order valence-corrected chi connectivity index (χ2v) is 8.49. The van der Waals surface area contributed by atoms with Gasteiger partial charge in [-0.2, -0.15) is 13.2 Å². The average Bonchev–Trinajstić information content (AvgIpc) is 3.22. The van der Waals surface area contributed by atoms with Crippen LogP contribution in [0.2, 0.25) is 5.02 Å². The topological polar surface area (TPSA) is 23.6 Å². The molecule has 1 fully saturated rings. The third-order valence-corrected chi connectivity index (χ3v) is 6.49. The first-order valence-electron chi connectivity index (χ1n) is 10.3. The van der Waals surface area contributed by atoms with Crippen molar-refractivity contribution >= 4 is 17.5 Å². The van der Waals surface area contributed by atoms with Gasteiger partial charge < -0.3 is 4.90 Å². The highest BCUT2D eigenvalue weighted by Gasteiger charge is 2.34. The van der Waals surface area contributed by atoms with Crippen LogP contribution in [-0.2, 0) is 30.4 Å². The van der Waals surface area contributed by atoms with E-state index >= 15 is 0 Å². The Morgan fingerprint density at radius 3 is 2.63 bits per heavy atom. The molecule has 2 heterocycles. The van der Waals surface area contributed by atoms with Gasteiger partial charge in [-0.25, -0.2) is 0 Å². The minimum atomic E-state index is -4.49. The summed E-state index contributed by atoms with van der Waals surface area (Å²) >= 11 is 5.67. The summed E-state index contributed by atoms with van der Waals surface area (Å²) in [6.07, 6.45) is -2.05. The molecule has 3 nitrogen and oxygen atoms in total. The number of alkyl halides is 3. The van der Waals surface area contributed by atoms with E-state index in [9.17, 15) is 18.0 Å². The molecule has 2 aliphatic rings. The minimum absolute atomic E-state index is 0.00146. The van der Waals surface area contributed by atoms with E-state index in [0.717, 1.165) is 32.0 Å². The molecule has 0 spiro atoms. The summed E-state index contributed by atoms with van der Waals surface area (Å²) in [5.74, 6) is -0.00146. The van der Waals surface area contributed by atoms with Crippen LogP contribution in [0.25, 0.3) is 0 Å². The van der Waals surface area contributed by atoms with Gasteiger partial charge in [0.25, 0.3) is 0 Å². The van der Waals surface area contributed by atoms with Gasteiger partial charge in [0.1, 0.15) is 0 Å². The maximum atomic E-state index is 13.0. The fraction of sp³-hybridized carbons (Fsp3) is 0.435. The highest BCUT2D eigenvalue weighted by atomic mass is 35.5. The van der Waals surface area contributed by atoms with Crippen molar-refractivity contribution < 1.29 is 18.0 Å². The van der Waals surface area contributed by atoms with Crippen molar-refractivity contribution in [3.8, 4) is 0 Å². The van der Waals surface area contributed by atoms with E-state index < -0.39 is 11.7 Å². The Balaban J connectivity index is 1.32. The highest BCUT2D eigenvalue weighted by Crippen LogP contribution is 2.35. The number of benzene rings is 2. The van der Waals surface area contributed by atoms with Crippen LogP contribution in [0.4, 0.5) is 13.2 Å². The summed E-state index contributed by atoms with van der Waals surface area (Å²) in [4.78, 5) is 17.0. The van der Waals surface area contributed by atoms with E-state index in [4.69, 9.17) is 11.6 Å².